The number of halogens is 2. The summed E-state index contributed by atoms with van der Waals surface area (Å²) in [6, 6.07) is 10.4. The molecule has 2 unspecified atom stereocenters. The molecule has 1 N–H and O–H groups in total. The Morgan fingerprint density at radius 1 is 1.23 bits per heavy atom. The van der Waals surface area contributed by atoms with E-state index >= 15 is 0 Å². The van der Waals surface area contributed by atoms with Gasteiger partial charge < -0.3 is 9.67 Å². The zero-order valence-electron chi connectivity index (χ0n) is 16.8. The molecule has 3 aromatic rings. The number of hydrogen-bond donors (Lipinski definition) is 1. The van der Waals surface area contributed by atoms with Crippen LogP contribution in [-0.4, -0.2) is 27.3 Å². The topological polar surface area (TPSA) is 82.2 Å². The van der Waals surface area contributed by atoms with E-state index in [1.165, 1.54) is 0 Å². The van der Waals surface area contributed by atoms with Gasteiger partial charge in [-0.2, -0.15) is 5.26 Å². The predicted molar refractivity (Wildman–Crippen MR) is 112 cm³/mol. The molecule has 6 nitrogen and oxygen atoms in total. The van der Waals surface area contributed by atoms with Gasteiger partial charge in [0.05, 0.1) is 34.7 Å². The molecule has 1 aliphatic rings. The van der Waals surface area contributed by atoms with E-state index in [9.17, 15) is 18.7 Å². The van der Waals surface area contributed by atoms with Crippen LogP contribution in [0.1, 0.15) is 31.2 Å². The van der Waals surface area contributed by atoms with Crippen molar-refractivity contribution in [3.63, 3.8) is 0 Å². The zero-order valence-corrected chi connectivity index (χ0v) is 16.8. The van der Waals surface area contributed by atoms with Crippen molar-refractivity contribution >= 4 is 22.8 Å². The van der Waals surface area contributed by atoms with Crippen LogP contribution in [0.15, 0.2) is 42.7 Å². The van der Waals surface area contributed by atoms with Gasteiger partial charge in [-0.25, -0.2) is 18.6 Å². The molecule has 0 spiro atoms. The molecule has 2 aromatic carbocycles. The molecule has 31 heavy (non-hydrogen) atoms. The minimum absolute atomic E-state index is 0.0435. The van der Waals surface area contributed by atoms with Crippen LogP contribution in [-0.2, 0) is 6.54 Å². The fourth-order valence-electron chi connectivity index (χ4n) is 4.51. The van der Waals surface area contributed by atoms with Crippen molar-refractivity contribution < 1.29 is 18.7 Å². The van der Waals surface area contributed by atoms with Gasteiger partial charge in [-0.3, -0.25) is 4.90 Å². The molecule has 0 saturated heterocycles. The molecular formula is C23H22F2N4O2. The minimum Gasteiger partial charge on any atom is -0.465 e. The molecule has 4 rings (SSSR count). The molecule has 0 aliphatic heterocycles. The fourth-order valence-corrected chi connectivity index (χ4v) is 4.51. The predicted octanol–water partition coefficient (Wildman–Crippen LogP) is 5.18. The number of carboxylic acid groups (broad SMARTS) is 1. The van der Waals surface area contributed by atoms with Crippen molar-refractivity contribution in [1.82, 2.24) is 9.55 Å². The molecule has 1 amide bonds. The Balaban J connectivity index is 1.49. The summed E-state index contributed by atoms with van der Waals surface area (Å²) in [5.74, 6) is -1.08. The number of fused-ring (bicyclic) bond motifs is 1. The number of aromatic nitrogens is 2. The van der Waals surface area contributed by atoms with Crippen molar-refractivity contribution in [2.45, 2.75) is 32.2 Å². The lowest BCUT2D eigenvalue weighted by Crippen LogP contribution is -2.37. The van der Waals surface area contributed by atoms with Gasteiger partial charge in [0.25, 0.3) is 0 Å². The number of benzene rings is 2. The Morgan fingerprint density at radius 3 is 2.81 bits per heavy atom. The summed E-state index contributed by atoms with van der Waals surface area (Å²) in [5.41, 5.74) is 2.05. The molecule has 1 fully saturated rings. The van der Waals surface area contributed by atoms with Crippen LogP contribution in [0.3, 0.4) is 0 Å². The highest BCUT2D eigenvalue weighted by Gasteiger charge is 2.28. The van der Waals surface area contributed by atoms with Crippen molar-refractivity contribution in [2.75, 3.05) is 11.4 Å². The van der Waals surface area contributed by atoms with E-state index < -0.39 is 17.7 Å². The fraction of sp³-hybridized carbons (Fsp3) is 0.348. The summed E-state index contributed by atoms with van der Waals surface area (Å²) in [4.78, 5) is 17.1. The van der Waals surface area contributed by atoms with Crippen LogP contribution >= 0.6 is 0 Å². The van der Waals surface area contributed by atoms with Crippen LogP contribution in [0, 0.1) is 34.8 Å². The van der Waals surface area contributed by atoms with Crippen LogP contribution in [0.4, 0.5) is 19.3 Å². The van der Waals surface area contributed by atoms with Crippen molar-refractivity contribution in [1.29, 1.82) is 5.26 Å². The molecule has 0 bridgehead atoms. The van der Waals surface area contributed by atoms with E-state index in [4.69, 9.17) is 5.26 Å². The highest BCUT2D eigenvalue weighted by atomic mass is 19.1. The van der Waals surface area contributed by atoms with Crippen LogP contribution in [0.25, 0.3) is 11.0 Å². The number of hydrogen-bond acceptors (Lipinski definition) is 3. The summed E-state index contributed by atoms with van der Waals surface area (Å²) in [7, 11) is 0. The second kappa shape index (κ2) is 8.72. The normalized spacial score (nSPS) is 18.6. The first kappa shape index (κ1) is 20.8. The van der Waals surface area contributed by atoms with Gasteiger partial charge >= 0.3 is 6.09 Å². The largest absolute Gasteiger partial charge is 0.465 e. The molecule has 0 radical (unpaired) electrons. The van der Waals surface area contributed by atoms with Crippen LogP contribution in [0.5, 0.6) is 0 Å². The molecule has 160 valence electrons. The first-order valence-electron chi connectivity index (χ1n) is 10.2. The number of nitrogens with zero attached hydrogens (tertiary/aromatic N) is 4. The first-order valence-corrected chi connectivity index (χ1v) is 10.2. The van der Waals surface area contributed by atoms with Crippen molar-refractivity contribution in [2.24, 2.45) is 11.8 Å². The van der Waals surface area contributed by atoms with Crippen molar-refractivity contribution in [3.05, 3.63) is 59.9 Å². The number of anilines is 1. The van der Waals surface area contributed by atoms with E-state index in [1.807, 2.05) is 16.7 Å². The monoisotopic (exact) mass is 424 g/mol. The molecule has 1 aromatic heterocycles. The Kier molecular flexibility index (Phi) is 5.85. The van der Waals surface area contributed by atoms with Gasteiger partial charge in [0.1, 0.15) is 11.6 Å². The third-order valence-electron chi connectivity index (χ3n) is 5.97. The maximum Gasteiger partial charge on any atom is 0.411 e. The lowest BCUT2D eigenvalue weighted by molar-refractivity contribution is 0.195. The number of nitriles is 1. The maximum atomic E-state index is 14.2. The van der Waals surface area contributed by atoms with E-state index in [-0.39, 0.29) is 18.2 Å². The van der Waals surface area contributed by atoms with E-state index in [1.54, 1.807) is 12.4 Å². The van der Waals surface area contributed by atoms with Gasteiger partial charge in [0.2, 0.25) is 0 Å². The van der Waals surface area contributed by atoms with Crippen molar-refractivity contribution in [3.8, 4) is 6.07 Å². The number of rotatable bonds is 5. The van der Waals surface area contributed by atoms with Crippen LogP contribution < -0.4 is 4.90 Å². The third kappa shape index (κ3) is 4.50. The minimum atomic E-state index is -1.30. The summed E-state index contributed by atoms with van der Waals surface area (Å²) < 4.78 is 29.8. The van der Waals surface area contributed by atoms with E-state index in [0.29, 0.717) is 18.0 Å². The maximum absolute atomic E-state index is 14.2. The number of imidazole rings is 1. The Bertz CT molecular complexity index is 1150. The third-order valence-corrected chi connectivity index (χ3v) is 5.97. The lowest BCUT2D eigenvalue weighted by Gasteiger charge is -2.32. The second-order valence-corrected chi connectivity index (χ2v) is 8.10. The van der Waals surface area contributed by atoms with Gasteiger partial charge in [-0.1, -0.05) is 6.42 Å². The molecule has 2 atom stereocenters. The smallest absolute Gasteiger partial charge is 0.411 e. The number of carbonyl (C=O) groups is 1. The summed E-state index contributed by atoms with van der Waals surface area (Å²) in [5, 5.41) is 18.8. The Hall–Kier alpha value is -3.47. The first-order chi connectivity index (χ1) is 14.9. The second-order valence-electron chi connectivity index (χ2n) is 8.10. The number of amides is 1. The standard InChI is InChI=1S/C23H22F2N4O2/c24-18-5-6-19(25)21(10-18)29(23(30)31)13-17-3-1-2-16(8-17)12-28-14-27-20-7-4-15(11-26)9-22(20)28/h4-7,9-10,14,16-17H,1-3,8,12-13H2,(H,30,31). The summed E-state index contributed by atoms with van der Waals surface area (Å²) >= 11 is 0. The molecule has 1 heterocycles. The quantitative estimate of drug-likeness (QED) is 0.612. The highest BCUT2D eigenvalue weighted by molar-refractivity contribution is 5.86. The average molecular weight is 424 g/mol. The van der Waals surface area contributed by atoms with Gasteiger partial charge in [-0.15, -0.1) is 0 Å². The Labute approximate surface area is 178 Å². The summed E-state index contributed by atoms with van der Waals surface area (Å²) in [6.07, 6.45) is 4.01. The van der Waals surface area contributed by atoms with Gasteiger partial charge in [0, 0.05) is 19.2 Å². The Morgan fingerprint density at radius 2 is 2.03 bits per heavy atom. The zero-order chi connectivity index (χ0) is 22.0. The SMILES string of the molecule is N#Cc1ccc2ncn(CC3CCCC(CN(C(=O)O)c4cc(F)ccc4F)C3)c2c1. The van der Waals surface area contributed by atoms with Crippen LogP contribution in [0.2, 0.25) is 0 Å². The highest BCUT2D eigenvalue weighted by Crippen LogP contribution is 2.33. The summed E-state index contributed by atoms with van der Waals surface area (Å²) in [6.45, 7) is 0.832. The molecular weight excluding hydrogens is 402 g/mol. The van der Waals surface area contributed by atoms with E-state index in [2.05, 4.69) is 11.1 Å². The molecule has 1 aliphatic carbocycles. The van der Waals surface area contributed by atoms with Gasteiger partial charge in [0.15, 0.2) is 0 Å². The lowest BCUT2D eigenvalue weighted by atomic mass is 9.81. The van der Waals surface area contributed by atoms with Gasteiger partial charge in [-0.05, 0) is 61.4 Å². The average Bonchev–Trinajstić information content (AvgIpc) is 3.16. The molecule has 1 saturated carbocycles. The molecule has 8 heteroatoms. The van der Waals surface area contributed by atoms with E-state index in [0.717, 1.165) is 59.8 Å².